The predicted octanol–water partition coefficient (Wildman–Crippen LogP) is 4.56. The minimum atomic E-state index is -0.569. The molecule has 1 aromatic carbocycles. The summed E-state index contributed by atoms with van der Waals surface area (Å²) < 4.78 is 0. The maximum Gasteiger partial charge on any atom is 0.139 e. The van der Waals surface area contributed by atoms with Crippen LogP contribution in [0.1, 0.15) is 43.8 Å². The van der Waals surface area contributed by atoms with Gasteiger partial charge in [0.05, 0.1) is 11.0 Å². The normalized spacial score (nSPS) is 18.9. The standard InChI is InChI=1S/C20H21N3OS/c24-20(9-4-10-20)12-21-18-16-15(13-5-2-1-3-6-13)11-25-19(16)23-17(22-18)14-7-8-14/h1-3,5-6,11,14,24H,4,7-10,12H2,(H,21,22,23). The summed E-state index contributed by atoms with van der Waals surface area (Å²) in [4.78, 5) is 10.7. The molecular weight excluding hydrogens is 330 g/mol. The molecule has 2 aliphatic carbocycles. The molecule has 0 radical (unpaired) electrons. The van der Waals surface area contributed by atoms with Crippen LogP contribution in [0.4, 0.5) is 5.82 Å². The Kier molecular flexibility index (Phi) is 3.54. The molecule has 2 aliphatic rings. The Morgan fingerprint density at radius 3 is 2.64 bits per heavy atom. The van der Waals surface area contributed by atoms with Crippen LogP contribution in [0.5, 0.6) is 0 Å². The summed E-state index contributed by atoms with van der Waals surface area (Å²) in [5.74, 6) is 2.35. The van der Waals surface area contributed by atoms with E-state index in [1.54, 1.807) is 11.3 Å². The van der Waals surface area contributed by atoms with Crippen molar-refractivity contribution in [2.75, 3.05) is 11.9 Å². The number of anilines is 1. The maximum absolute atomic E-state index is 10.5. The molecule has 3 aromatic rings. The van der Waals surface area contributed by atoms with Gasteiger partial charge in [-0.1, -0.05) is 30.3 Å². The molecular formula is C20H21N3OS. The van der Waals surface area contributed by atoms with E-state index in [0.717, 1.165) is 41.1 Å². The molecule has 0 atom stereocenters. The first-order valence-corrected chi connectivity index (χ1v) is 9.91. The van der Waals surface area contributed by atoms with Gasteiger partial charge in [0.2, 0.25) is 0 Å². The zero-order chi connectivity index (χ0) is 16.9. The Labute approximate surface area is 151 Å². The third kappa shape index (κ3) is 2.81. The van der Waals surface area contributed by atoms with E-state index in [2.05, 4.69) is 35.0 Å². The second-order valence-electron chi connectivity index (χ2n) is 7.33. The number of hydrogen-bond acceptors (Lipinski definition) is 5. The Bertz CT molecular complexity index is 913. The van der Waals surface area contributed by atoms with Gasteiger partial charge < -0.3 is 10.4 Å². The number of nitrogens with zero attached hydrogens (tertiary/aromatic N) is 2. The number of aromatic nitrogens is 2. The van der Waals surface area contributed by atoms with Gasteiger partial charge >= 0.3 is 0 Å². The van der Waals surface area contributed by atoms with Gasteiger partial charge in [-0.15, -0.1) is 11.3 Å². The molecule has 0 saturated heterocycles. The van der Waals surface area contributed by atoms with Gasteiger partial charge in [0.15, 0.2) is 0 Å². The van der Waals surface area contributed by atoms with E-state index in [1.165, 1.54) is 24.0 Å². The molecule has 2 heterocycles. The van der Waals surface area contributed by atoms with Crippen molar-refractivity contribution in [2.24, 2.45) is 0 Å². The Hall–Kier alpha value is -1.98. The second kappa shape index (κ2) is 5.78. The van der Waals surface area contributed by atoms with Crippen LogP contribution in [-0.4, -0.2) is 27.2 Å². The van der Waals surface area contributed by atoms with Gasteiger partial charge in [-0.05, 0) is 37.7 Å². The summed E-state index contributed by atoms with van der Waals surface area (Å²) >= 11 is 1.68. The van der Waals surface area contributed by atoms with Gasteiger partial charge in [-0.3, -0.25) is 0 Å². The van der Waals surface area contributed by atoms with Crippen LogP contribution in [0.25, 0.3) is 21.3 Å². The summed E-state index contributed by atoms with van der Waals surface area (Å²) in [5, 5.41) is 17.2. The molecule has 0 spiro atoms. The van der Waals surface area contributed by atoms with Crippen molar-refractivity contribution in [2.45, 2.75) is 43.6 Å². The molecule has 0 bridgehead atoms. The first kappa shape index (κ1) is 15.3. The predicted molar refractivity (Wildman–Crippen MR) is 102 cm³/mol. The van der Waals surface area contributed by atoms with Gasteiger partial charge in [-0.2, -0.15) is 0 Å². The summed E-state index contributed by atoms with van der Waals surface area (Å²) in [6.07, 6.45) is 5.23. The van der Waals surface area contributed by atoms with Crippen LogP contribution in [-0.2, 0) is 0 Å². The molecule has 2 saturated carbocycles. The molecule has 128 valence electrons. The van der Waals surface area contributed by atoms with Crippen LogP contribution in [0.15, 0.2) is 35.7 Å². The number of nitrogens with one attached hydrogen (secondary N) is 1. The summed E-state index contributed by atoms with van der Waals surface area (Å²) in [6.45, 7) is 0.563. The van der Waals surface area contributed by atoms with E-state index in [1.807, 2.05) is 6.07 Å². The van der Waals surface area contributed by atoms with Crippen molar-refractivity contribution in [3.05, 3.63) is 41.5 Å². The monoisotopic (exact) mass is 351 g/mol. The smallest absolute Gasteiger partial charge is 0.139 e. The van der Waals surface area contributed by atoms with Crippen molar-refractivity contribution in [3.8, 4) is 11.1 Å². The lowest BCUT2D eigenvalue weighted by molar-refractivity contribution is -0.0202. The van der Waals surface area contributed by atoms with Gasteiger partial charge in [0.25, 0.3) is 0 Å². The zero-order valence-electron chi connectivity index (χ0n) is 14.0. The molecule has 4 nitrogen and oxygen atoms in total. The van der Waals surface area contributed by atoms with Crippen molar-refractivity contribution >= 4 is 27.4 Å². The van der Waals surface area contributed by atoms with E-state index in [9.17, 15) is 5.11 Å². The largest absolute Gasteiger partial charge is 0.388 e. The van der Waals surface area contributed by atoms with Crippen LogP contribution in [0.2, 0.25) is 0 Å². The molecule has 0 aliphatic heterocycles. The Morgan fingerprint density at radius 2 is 1.96 bits per heavy atom. The van der Waals surface area contributed by atoms with Crippen molar-refractivity contribution in [1.82, 2.24) is 9.97 Å². The number of rotatable bonds is 5. The topological polar surface area (TPSA) is 58.0 Å². The zero-order valence-corrected chi connectivity index (χ0v) is 14.9. The molecule has 25 heavy (non-hydrogen) atoms. The number of benzene rings is 1. The van der Waals surface area contributed by atoms with E-state index >= 15 is 0 Å². The van der Waals surface area contributed by atoms with Crippen LogP contribution < -0.4 is 5.32 Å². The van der Waals surface area contributed by atoms with Gasteiger partial charge in [0, 0.05) is 23.4 Å². The average molecular weight is 351 g/mol. The highest BCUT2D eigenvalue weighted by Crippen LogP contribution is 2.43. The summed E-state index contributed by atoms with van der Waals surface area (Å²) in [5.41, 5.74) is 1.79. The quantitative estimate of drug-likeness (QED) is 0.707. The Balaban J connectivity index is 1.59. The van der Waals surface area contributed by atoms with E-state index < -0.39 is 5.60 Å². The average Bonchev–Trinajstić information content (AvgIpc) is 3.38. The third-order valence-electron chi connectivity index (χ3n) is 5.35. The highest BCUT2D eigenvalue weighted by Gasteiger charge is 2.35. The maximum atomic E-state index is 10.5. The summed E-state index contributed by atoms with van der Waals surface area (Å²) in [6, 6.07) is 10.4. The highest BCUT2D eigenvalue weighted by atomic mass is 32.1. The van der Waals surface area contributed by atoms with Crippen molar-refractivity contribution in [1.29, 1.82) is 0 Å². The fraction of sp³-hybridized carbons (Fsp3) is 0.400. The number of hydrogen-bond donors (Lipinski definition) is 2. The first-order valence-electron chi connectivity index (χ1n) is 9.03. The fourth-order valence-electron chi connectivity index (χ4n) is 3.45. The molecule has 5 heteroatoms. The molecule has 2 N–H and O–H groups in total. The Morgan fingerprint density at radius 1 is 1.16 bits per heavy atom. The SMILES string of the molecule is OC1(CNc2nc(C3CC3)nc3scc(-c4ccccc4)c23)CCC1. The van der Waals surface area contributed by atoms with Gasteiger partial charge in [-0.25, -0.2) is 9.97 Å². The number of fused-ring (bicyclic) bond motifs is 1. The number of aliphatic hydroxyl groups is 1. The number of thiophene rings is 1. The first-order chi connectivity index (χ1) is 12.2. The third-order valence-corrected chi connectivity index (χ3v) is 6.22. The molecule has 2 aromatic heterocycles. The molecule has 0 amide bonds. The van der Waals surface area contributed by atoms with Crippen LogP contribution in [0, 0.1) is 0 Å². The van der Waals surface area contributed by atoms with E-state index in [-0.39, 0.29) is 0 Å². The molecule has 0 unspecified atom stereocenters. The lowest BCUT2D eigenvalue weighted by Crippen LogP contribution is -2.43. The lowest BCUT2D eigenvalue weighted by Gasteiger charge is -2.36. The van der Waals surface area contributed by atoms with E-state index in [0.29, 0.717) is 12.5 Å². The van der Waals surface area contributed by atoms with Crippen LogP contribution in [0.3, 0.4) is 0 Å². The van der Waals surface area contributed by atoms with Gasteiger partial charge in [0.1, 0.15) is 16.5 Å². The minimum Gasteiger partial charge on any atom is -0.388 e. The molecule has 5 rings (SSSR count). The van der Waals surface area contributed by atoms with Crippen LogP contribution >= 0.6 is 11.3 Å². The fourth-order valence-corrected chi connectivity index (χ4v) is 4.40. The van der Waals surface area contributed by atoms with Crippen molar-refractivity contribution in [3.63, 3.8) is 0 Å². The summed E-state index contributed by atoms with van der Waals surface area (Å²) in [7, 11) is 0. The van der Waals surface area contributed by atoms with E-state index in [4.69, 9.17) is 9.97 Å². The second-order valence-corrected chi connectivity index (χ2v) is 8.19. The lowest BCUT2D eigenvalue weighted by atomic mass is 9.80. The van der Waals surface area contributed by atoms with Crippen molar-refractivity contribution < 1.29 is 5.11 Å². The highest BCUT2D eigenvalue weighted by molar-refractivity contribution is 7.17. The molecule has 2 fully saturated rings. The minimum absolute atomic E-state index is 0.513.